The highest BCUT2D eigenvalue weighted by Gasteiger charge is 2.18. The molecular weight excluding hydrogens is 222 g/mol. The van der Waals surface area contributed by atoms with Crippen LogP contribution in [0.4, 0.5) is 8.78 Å². The number of rotatable bonds is 3. The normalized spacial score (nSPS) is 21.7. The third-order valence-electron chi connectivity index (χ3n) is 3.26. The van der Waals surface area contributed by atoms with Crippen LogP contribution in [0, 0.1) is 17.6 Å². The van der Waals surface area contributed by atoms with Gasteiger partial charge in [0.25, 0.3) is 0 Å². The molecule has 0 amide bonds. The molecule has 0 aliphatic carbocycles. The zero-order valence-corrected chi connectivity index (χ0v) is 9.83. The lowest BCUT2D eigenvalue weighted by Gasteiger charge is -2.32. The average molecular weight is 240 g/mol. The van der Waals surface area contributed by atoms with E-state index in [-0.39, 0.29) is 0 Å². The zero-order valence-electron chi connectivity index (χ0n) is 9.83. The molecule has 2 nitrogen and oxygen atoms in total. The van der Waals surface area contributed by atoms with Gasteiger partial charge in [-0.25, -0.2) is 8.78 Å². The maximum Gasteiger partial charge on any atom is 0.126 e. The van der Waals surface area contributed by atoms with Gasteiger partial charge in [-0.1, -0.05) is 0 Å². The first-order chi connectivity index (χ1) is 8.17. The van der Waals surface area contributed by atoms with Crippen LogP contribution >= 0.6 is 0 Å². The van der Waals surface area contributed by atoms with Gasteiger partial charge in [-0.2, -0.15) is 0 Å². The molecule has 2 N–H and O–H groups in total. The minimum absolute atomic E-state index is 0.507. The number of hydrogen-bond acceptors (Lipinski definition) is 2. The van der Waals surface area contributed by atoms with Gasteiger partial charge < -0.3 is 5.73 Å². The number of likely N-dealkylation sites (tertiary alicyclic amines) is 1. The van der Waals surface area contributed by atoms with Crippen LogP contribution in [0.25, 0.3) is 0 Å². The zero-order chi connectivity index (χ0) is 12.3. The van der Waals surface area contributed by atoms with Crippen LogP contribution in [-0.4, -0.2) is 24.5 Å². The Morgan fingerprint density at radius 1 is 1.24 bits per heavy atom. The first-order valence-electron chi connectivity index (χ1n) is 6.05. The Bertz CT molecular complexity index is 361. The van der Waals surface area contributed by atoms with Crippen LogP contribution in [0.1, 0.15) is 18.4 Å². The van der Waals surface area contributed by atoms with Gasteiger partial charge in [-0.15, -0.1) is 0 Å². The fourth-order valence-corrected chi connectivity index (χ4v) is 2.45. The highest BCUT2D eigenvalue weighted by molar-refractivity contribution is 5.17. The summed E-state index contributed by atoms with van der Waals surface area (Å²) in [4.78, 5) is 2.22. The number of piperidine rings is 1. The predicted octanol–water partition coefficient (Wildman–Crippen LogP) is 2.14. The number of nitrogens with zero attached hydrogens (tertiary/aromatic N) is 1. The summed E-state index contributed by atoms with van der Waals surface area (Å²) in [6.45, 7) is 3.20. The van der Waals surface area contributed by atoms with E-state index in [0.717, 1.165) is 32.0 Å². The van der Waals surface area contributed by atoms with Crippen molar-refractivity contribution in [3.05, 3.63) is 35.4 Å². The van der Waals surface area contributed by atoms with Gasteiger partial charge >= 0.3 is 0 Å². The summed E-state index contributed by atoms with van der Waals surface area (Å²) in [5.41, 5.74) is 6.36. The van der Waals surface area contributed by atoms with E-state index in [1.807, 2.05) is 0 Å². The molecule has 94 valence electrons. The molecular formula is C13H18F2N2. The van der Waals surface area contributed by atoms with Gasteiger partial charge in [0, 0.05) is 19.2 Å². The molecule has 0 radical (unpaired) electrons. The van der Waals surface area contributed by atoms with Crippen LogP contribution in [0.15, 0.2) is 18.2 Å². The molecule has 1 heterocycles. The predicted molar refractivity (Wildman–Crippen MR) is 63.4 cm³/mol. The van der Waals surface area contributed by atoms with Gasteiger partial charge in [0.2, 0.25) is 0 Å². The van der Waals surface area contributed by atoms with Crippen LogP contribution in [0.2, 0.25) is 0 Å². The largest absolute Gasteiger partial charge is 0.330 e. The second-order valence-corrected chi connectivity index (χ2v) is 4.76. The molecule has 1 saturated heterocycles. The quantitative estimate of drug-likeness (QED) is 0.877. The summed E-state index contributed by atoms with van der Waals surface area (Å²) in [6, 6.07) is 3.70. The van der Waals surface area contributed by atoms with Crippen molar-refractivity contribution in [2.45, 2.75) is 19.4 Å². The molecule has 1 unspecified atom stereocenters. The van der Waals surface area contributed by atoms with Crippen molar-refractivity contribution in [1.29, 1.82) is 0 Å². The molecule has 0 bridgehead atoms. The van der Waals surface area contributed by atoms with Crippen molar-refractivity contribution < 1.29 is 8.78 Å². The van der Waals surface area contributed by atoms with Gasteiger partial charge in [-0.05, 0) is 49.5 Å². The molecule has 1 aromatic rings. The average Bonchev–Trinajstić information content (AvgIpc) is 2.28. The fraction of sp³-hybridized carbons (Fsp3) is 0.538. The van der Waals surface area contributed by atoms with Gasteiger partial charge in [-0.3, -0.25) is 4.90 Å². The van der Waals surface area contributed by atoms with E-state index in [2.05, 4.69) is 4.90 Å². The van der Waals surface area contributed by atoms with Crippen LogP contribution < -0.4 is 5.73 Å². The highest BCUT2D eigenvalue weighted by atomic mass is 19.1. The Kier molecular flexibility index (Phi) is 4.07. The molecule has 17 heavy (non-hydrogen) atoms. The molecule has 4 heteroatoms. The minimum Gasteiger partial charge on any atom is -0.330 e. The maximum atomic E-state index is 13.0. The summed E-state index contributed by atoms with van der Waals surface area (Å²) in [6.07, 6.45) is 2.27. The molecule has 1 fully saturated rings. The van der Waals surface area contributed by atoms with Crippen LogP contribution in [0.5, 0.6) is 0 Å². The molecule has 2 rings (SSSR count). The van der Waals surface area contributed by atoms with E-state index < -0.39 is 11.6 Å². The van der Waals surface area contributed by atoms with E-state index in [9.17, 15) is 8.78 Å². The SMILES string of the molecule is NCC1CCCN(Cc2cc(F)cc(F)c2)C1. The van der Waals surface area contributed by atoms with Crippen molar-refractivity contribution >= 4 is 0 Å². The maximum absolute atomic E-state index is 13.0. The second-order valence-electron chi connectivity index (χ2n) is 4.76. The summed E-state index contributed by atoms with van der Waals surface area (Å²) in [5.74, 6) is -0.498. The van der Waals surface area contributed by atoms with E-state index >= 15 is 0 Å². The van der Waals surface area contributed by atoms with E-state index in [1.54, 1.807) is 0 Å². The Morgan fingerprint density at radius 3 is 2.59 bits per heavy atom. The third-order valence-corrected chi connectivity index (χ3v) is 3.26. The van der Waals surface area contributed by atoms with Crippen molar-refractivity contribution in [1.82, 2.24) is 4.90 Å². The van der Waals surface area contributed by atoms with Gasteiger partial charge in [0.05, 0.1) is 0 Å². The summed E-state index contributed by atoms with van der Waals surface area (Å²) in [5, 5.41) is 0. The number of hydrogen-bond donors (Lipinski definition) is 1. The summed E-state index contributed by atoms with van der Waals surface area (Å²) >= 11 is 0. The van der Waals surface area contributed by atoms with Gasteiger partial charge in [0.15, 0.2) is 0 Å². The Hall–Kier alpha value is -1.00. The lowest BCUT2D eigenvalue weighted by Crippen LogP contribution is -2.37. The third kappa shape index (κ3) is 3.48. The Balaban J connectivity index is 2.00. The summed E-state index contributed by atoms with van der Waals surface area (Å²) < 4.78 is 26.1. The molecule has 1 aromatic carbocycles. The number of nitrogens with two attached hydrogens (primary N) is 1. The van der Waals surface area contributed by atoms with Crippen LogP contribution in [-0.2, 0) is 6.54 Å². The van der Waals surface area contributed by atoms with Crippen molar-refractivity contribution in [2.24, 2.45) is 11.7 Å². The Labute approximate surface area is 100 Å². The molecule has 0 spiro atoms. The van der Waals surface area contributed by atoms with Crippen molar-refractivity contribution in [3.63, 3.8) is 0 Å². The molecule has 0 aromatic heterocycles. The standard InChI is InChI=1S/C13H18F2N2/c14-12-4-11(5-13(15)6-12)9-17-3-1-2-10(7-16)8-17/h4-6,10H,1-3,7-9,16H2. The topological polar surface area (TPSA) is 29.3 Å². The van der Waals surface area contributed by atoms with E-state index in [1.165, 1.54) is 12.1 Å². The first-order valence-corrected chi connectivity index (χ1v) is 6.05. The smallest absolute Gasteiger partial charge is 0.126 e. The van der Waals surface area contributed by atoms with Crippen molar-refractivity contribution in [3.8, 4) is 0 Å². The summed E-state index contributed by atoms with van der Waals surface area (Å²) in [7, 11) is 0. The molecule has 1 aliphatic heterocycles. The number of halogens is 2. The van der Waals surface area contributed by atoms with Crippen molar-refractivity contribution in [2.75, 3.05) is 19.6 Å². The lowest BCUT2D eigenvalue weighted by molar-refractivity contribution is 0.170. The van der Waals surface area contributed by atoms with E-state index in [0.29, 0.717) is 24.6 Å². The van der Waals surface area contributed by atoms with Gasteiger partial charge in [0.1, 0.15) is 11.6 Å². The van der Waals surface area contributed by atoms with Crippen LogP contribution in [0.3, 0.4) is 0 Å². The second kappa shape index (κ2) is 5.56. The highest BCUT2D eigenvalue weighted by Crippen LogP contribution is 2.18. The monoisotopic (exact) mass is 240 g/mol. The fourth-order valence-electron chi connectivity index (χ4n) is 2.45. The van der Waals surface area contributed by atoms with E-state index in [4.69, 9.17) is 5.73 Å². The molecule has 1 aliphatic rings. The lowest BCUT2D eigenvalue weighted by atomic mass is 9.98. The molecule has 0 saturated carbocycles. The minimum atomic E-state index is -0.507. The first kappa shape index (κ1) is 12.5. The molecule has 1 atom stereocenters. The number of benzene rings is 1. The Morgan fingerprint density at radius 2 is 1.94 bits per heavy atom.